The van der Waals surface area contributed by atoms with Gasteiger partial charge in [-0.25, -0.2) is 9.37 Å². The Bertz CT molecular complexity index is 2280. The number of aromatic nitrogens is 3. The molecule has 0 spiro atoms. The van der Waals surface area contributed by atoms with E-state index in [1.54, 1.807) is 24.5 Å². The summed E-state index contributed by atoms with van der Waals surface area (Å²) >= 11 is 13.1. The number of nitriles is 1. The Morgan fingerprint density at radius 3 is 2.73 bits per heavy atom. The van der Waals surface area contributed by atoms with Gasteiger partial charge in [0.05, 0.1) is 39.8 Å². The van der Waals surface area contributed by atoms with Crippen molar-refractivity contribution >= 4 is 56.7 Å². The maximum atomic E-state index is 17.2. The van der Waals surface area contributed by atoms with Gasteiger partial charge in [-0.1, -0.05) is 40.5 Å². The van der Waals surface area contributed by atoms with Crippen molar-refractivity contribution < 1.29 is 13.7 Å². The van der Waals surface area contributed by atoms with Crippen LogP contribution in [0.4, 0.5) is 10.2 Å². The maximum Gasteiger partial charge on any atom is 0.226 e. The number of aryl methyl sites for hydroxylation is 2. The molecule has 5 aromatic rings. The number of nitrogens with zero attached hydrogens (tertiary/aromatic N) is 6. The zero-order valence-electron chi connectivity index (χ0n) is 28.1. The van der Waals surface area contributed by atoms with Crippen LogP contribution in [-0.2, 0) is 11.2 Å². The molecule has 2 aromatic carbocycles. The number of piperidine rings is 1. The average Bonchev–Trinajstić information content (AvgIpc) is 3.56. The lowest BCUT2D eigenvalue weighted by Crippen LogP contribution is -2.45. The van der Waals surface area contributed by atoms with Crippen LogP contribution in [0.5, 0.6) is 0 Å². The molecule has 12 heteroatoms. The Morgan fingerprint density at radius 2 is 2.00 bits per heavy atom. The first-order valence-corrected chi connectivity index (χ1v) is 18.8. The normalized spacial score (nSPS) is 26.6. The second kappa shape index (κ2) is 11.7. The molecule has 1 amide bonds. The Kier molecular flexibility index (Phi) is 7.22. The third kappa shape index (κ3) is 4.70. The number of nitrogens with one attached hydrogen (secondary N) is 1. The summed E-state index contributed by atoms with van der Waals surface area (Å²) in [5.74, 6) is 1.26. The van der Waals surface area contributed by atoms with Crippen molar-refractivity contribution in [1.82, 2.24) is 24.9 Å². The van der Waals surface area contributed by atoms with Crippen LogP contribution in [0.25, 0.3) is 32.9 Å². The Morgan fingerprint density at radius 1 is 1.14 bits per heavy atom. The minimum absolute atomic E-state index is 0.0530. The molecule has 7 heterocycles. The van der Waals surface area contributed by atoms with Gasteiger partial charge >= 0.3 is 0 Å². The van der Waals surface area contributed by atoms with E-state index >= 15 is 4.39 Å². The number of halogens is 3. The number of anilines is 1. The van der Waals surface area contributed by atoms with Gasteiger partial charge in [0.25, 0.3) is 0 Å². The number of fused-ring (bicyclic) bond motifs is 6. The van der Waals surface area contributed by atoms with Crippen molar-refractivity contribution in [1.29, 1.82) is 5.26 Å². The third-order valence-corrected chi connectivity index (χ3v) is 13.1. The number of rotatable bonds is 7. The molecule has 51 heavy (non-hydrogen) atoms. The van der Waals surface area contributed by atoms with E-state index in [0.717, 1.165) is 66.9 Å². The number of pyridine rings is 1. The van der Waals surface area contributed by atoms with Crippen LogP contribution in [0.15, 0.2) is 47.2 Å². The molecular formula is C39H36Cl2FN7O2. The molecule has 4 aliphatic heterocycles. The SMILES string of the molecule is Cc1nc2c(F)c(-c3cccc(Cl)c3Cl)c(CCC#N)cc2c2c1cc(C1C3CC(CN(c4ccon4)C3)N1C(=O)C1CC1)n2C1C2CNC1C2. The number of benzene rings is 2. The van der Waals surface area contributed by atoms with E-state index in [9.17, 15) is 10.1 Å². The Labute approximate surface area is 304 Å². The fourth-order valence-corrected chi connectivity index (χ4v) is 10.3. The standard InChI is InChI=1S/C39H36Cl2FN7O2/c1-19-26-15-30(37-23-12-24(48(37)39(50)20-7-8-20)18-47(17-23)31-9-11-51-46-31)49(36-22-14-29(36)44-16-22)38(26)27-13-21(4-3-10-43)32(34(42)35(27)45-19)25-5-2-6-28(40)33(25)41/h2,5-6,9,11,13,15,20,22-24,29,36-37,44H,3-4,7-8,12,14,16-18H2,1H3. The fraction of sp³-hybridized carbons (Fsp3) is 0.436. The molecule has 6 atom stereocenters. The fourth-order valence-electron chi connectivity index (χ4n) is 9.86. The number of hydrogen-bond donors (Lipinski definition) is 1. The van der Waals surface area contributed by atoms with Crippen molar-refractivity contribution in [3.05, 3.63) is 75.5 Å². The molecule has 3 aromatic heterocycles. The molecule has 260 valence electrons. The van der Waals surface area contributed by atoms with Crippen LogP contribution < -0.4 is 10.2 Å². The van der Waals surface area contributed by atoms with Crippen molar-refractivity contribution in [3.63, 3.8) is 0 Å². The monoisotopic (exact) mass is 723 g/mol. The van der Waals surface area contributed by atoms with Gasteiger partial charge in [-0.05, 0) is 68.7 Å². The van der Waals surface area contributed by atoms with Crippen LogP contribution in [0.2, 0.25) is 10.0 Å². The third-order valence-electron chi connectivity index (χ3n) is 12.3. The summed E-state index contributed by atoms with van der Waals surface area (Å²) in [5, 5.41) is 19.9. The number of carbonyl (C=O) groups excluding carboxylic acids is 1. The summed E-state index contributed by atoms with van der Waals surface area (Å²) in [6.45, 7) is 4.34. The van der Waals surface area contributed by atoms with Gasteiger partial charge in [0.15, 0.2) is 11.6 Å². The predicted octanol–water partition coefficient (Wildman–Crippen LogP) is 7.78. The van der Waals surface area contributed by atoms with Crippen LogP contribution in [0, 0.1) is 41.8 Å². The van der Waals surface area contributed by atoms with Crippen LogP contribution in [0.3, 0.4) is 0 Å². The first-order valence-electron chi connectivity index (χ1n) is 18.0. The largest absolute Gasteiger partial charge is 0.363 e. The van der Waals surface area contributed by atoms with E-state index in [-0.39, 0.29) is 52.8 Å². The molecule has 2 saturated carbocycles. The first kappa shape index (κ1) is 31.6. The molecule has 11 rings (SSSR count). The Balaban J connectivity index is 1.23. The second-order valence-electron chi connectivity index (χ2n) is 15.2. The van der Waals surface area contributed by atoms with Gasteiger partial charge in [-0.2, -0.15) is 5.26 Å². The van der Waals surface area contributed by atoms with E-state index in [1.165, 1.54) is 0 Å². The summed E-state index contributed by atoms with van der Waals surface area (Å²) in [4.78, 5) is 23.7. The van der Waals surface area contributed by atoms with Crippen LogP contribution in [-0.4, -0.2) is 57.2 Å². The summed E-state index contributed by atoms with van der Waals surface area (Å²) in [7, 11) is 0. The van der Waals surface area contributed by atoms with Crippen LogP contribution >= 0.6 is 23.2 Å². The lowest BCUT2D eigenvalue weighted by molar-refractivity contribution is -0.135. The number of carbonyl (C=O) groups is 1. The molecule has 2 aliphatic carbocycles. The van der Waals surface area contributed by atoms with E-state index in [2.05, 4.69) is 37.0 Å². The minimum Gasteiger partial charge on any atom is -0.363 e. The minimum atomic E-state index is -0.468. The number of likely N-dealkylation sites (tertiary alicyclic amines) is 1. The number of hydrogen-bond acceptors (Lipinski definition) is 7. The van der Waals surface area contributed by atoms with E-state index in [4.69, 9.17) is 32.7 Å². The van der Waals surface area contributed by atoms with Crippen molar-refractivity contribution in [2.45, 2.75) is 69.6 Å². The van der Waals surface area contributed by atoms with Gasteiger partial charge < -0.3 is 24.2 Å². The molecule has 6 unspecified atom stereocenters. The lowest BCUT2D eigenvalue weighted by Gasteiger charge is -2.40. The van der Waals surface area contributed by atoms with Crippen molar-refractivity contribution in [3.8, 4) is 17.2 Å². The van der Waals surface area contributed by atoms with Gasteiger partial charge in [-0.15, -0.1) is 0 Å². The van der Waals surface area contributed by atoms with E-state index in [1.807, 2.05) is 19.1 Å². The predicted molar refractivity (Wildman–Crippen MR) is 193 cm³/mol. The average molecular weight is 725 g/mol. The highest BCUT2D eigenvalue weighted by molar-refractivity contribution is 6.43. The maximum absolute atomic E-state index is 17.2. The van der Waals surface area contributed by atoms with Crippen molar-refractivity contribution in [2.75, 3.05) is 24.5 Å². The quantitative estimate of drug-likeness (QED) is 0.183. The van der Waals surface area contributed by atoms with Crippen LogP contribution in [0.1, 0.15) is 61.1 Å². The summed E-state index contributed by atoms with van der Waals surface area (Å²) in [6.07, 6.45) is 6.04. The topological polar surface area (TPSA) is 103 Å². The molecule has 0 radical (unpaired) electrons. The summed E-state index contributed by atoms with van der Waals surface area (Å²) < 4.78 is 24.9. The zero-order chi connectivity index (χ0) is 34.7. The number of amides is 1. The van der Waals surface area contributed by atoms with Gasteiger partial charge in [0, 0.05) is 83.3 Å². The second-order valence-corrected chi connectivity index (χ2v) is 15.9. The van der Waals surface area contributed by atoms with Gasteiger partial charge in [0.2, 0.25) is 5.91 Å². The summed E-state index contributed by atoms with van der Waals surface area (Å²) in [6, 6.07) is 14.0. The highest BCUT2D eigenvalue weighted by atomic mass is 35.5. The van der Waals surface area contributed by atoms with Gasteiger partial charge in [0.1, 0.15) is 11.8 Å². The van der Waals surface area contributed by atoms with E-state index in [0.29, 0.717) is 52.0 Å². The molecule has 4 bridgehead atoms. The smallest absolute Gasteiger partial charge is 0.226 e. The molecule has 6 aliphatic rings. The molecule has 9 nitrogen and oxygen atoms in total. The first-order chi connectivity index (χ1) is 24.8. The van der Waals surface area contributed by atoms with Gasteiger partial charge in [-0.3, -0.25) is 4.79 Å². The lowest BCUT2D eigenvalue weighted by atomic mass is 9.79. The molecule has 4 saturated heterocycles. The van der Waals surface area contributed by atoms with E-state index < -0.39 is 5.82 Å². The molecule has 6 fully saturated rings. The molecular weight excluding hydrogens is 688 g/mol. The zero-order valence-corrected chi connectivity index (χ0v) is 29.6. The van der Waals surface area contributed by atoms with Crippen molar-refractivity contribution in [2.24, 2.45) is 17.8 Å². The molecule has 1 N–H and O–H groups in total. The Hall–Kier alpha value is -4.17. The highest BCUT2D eigenvalue weighted by Crippen LogP contribution is 2.54. The highest BCUT2D eigenvalue weighted by Gasteiger charge is 2.55. The summed E-state index contributed by atoms with van der Waals surface area (Å²) in [5.41, 5.74) is 4.56.